The second-order valence-electron chi connectivity index (χ2n) is 7.64. The molecule has 0 aliphatic heterocycles. The summed E-state index contributed by atoms with van der Waals surface area (Å²) in [4.78, 5) is 9.17. The van der Waals surface area contributed by atoms with Gasteiger partial charge in [-0.25, -0.2) is 0 Å². The number of carbonyl (C=O) groups excluding carboxylic acids is 1. The summed E-state index contributed by atoms with van der Waals surface area (Å²) >= 11 is 0. The van der Waals surface area contributed by atoms with E-state index in [1.54, 1.807) is 0 Å². The van der Waals surface area contributed by atoms with Gasteiger partial charge in [-0.15, -0.1) is 0 Å². The van der Waals surface area contributed by atoms with E-state index in [0.29, 0.717) is 6.42 Å². The molecule has 0 aromatic rings. The number of rotatable bonds is 17. The van der Waals surface area contributed by atoms with Gasteiger partial charge in [-0.1, -0.05) is 60.3 Å². The molecule has 0 unspecified atom stereocenters. The van der Waals surface area contributed by atoms with E-state index in [2.05, 4.69) is 27.7 Å². The highest BCUT2D eigenvalue weighted by Gasteiger charge is 2.25. The topological polar surface area (TPSA) is 17.1 Å². The minimum Gasteiger partial charge on any atom is -0.324 e. The van der Waals surface area contributed by atoms with Crippen LogP contribution in [0, 0.1) is 0 Å². The minimum atomic E-state index is 0.639. The van der Waals surface area contributed by atoms with Gasteiger partial charge in [0.2, 0.25) is 0 Å². The van der Waals surface area contributed by atoms with Crippen LogP contribution >= 0.6 is 0 Å². The molecule has 0 saturated carbocycles. The SMILES string of the molecule is CCC=O.CCCCC[N+](CCCCC)(CCCCC)CCCCC. The predicted octanol–water partition coefficient (Wildman–Crippen LogP) is 7.16. The molecule has 0 fully saturated rings. The van der Waals surface area contributed by atoms with Crippen LogP contribution in [0.5, 0.6) is 0 Å². The molecule has 152 valence electrons. The molecule has 0 aliphatic rings. The van der Waals surface area contributed by atoms with Crippen LogP contribution in [0.15, 0.2) is 0 Å². The van der Waals surface area contributed by atoms with Crippen molar-refractivity contribution in [2.24, 2.45) is 0 Å². The summed E-state index contributed by atoms with van der Waals surface area (Å²) in [6, 6.07) is 0. The van der Waals surface area contributed by atoms with E-state index in [9.17, 15) is 4.79 Å². The Morgan fingerprint density at radius 1 is 0.520 bits per heavy atom. The van der Waals surface area contributed by atoms with E-state index in [1.165, 1.54) is 108 Å². The Hall–Kier alpha value is -0.370. The van der Waals surface area contributed by atoms with Gasteiger partial charge in [0.25, 0.3) is 0 Å². The lowest BCUT2D eigenvalue weighted by Gasteiger charge is -2.39. The molecule has 0 aromatic heterocycles. The number of quaternary nitrogens is 1. The summed E-state index contributed by atoms with van der Waals surface area (Å²) < 4.78 is 1.44. The van der Waals surface area contributed by atoms with Crippen molar-refractivity contribution in [1.82, 2.24) is 0 Å². The maximum atomic E-state index is 9.17. The maximum absolute atomic E-state index is 9.17. The summed E-state index contributed by atoms with van der Waals surface area (Å²) in [7, 11) is 0. The molecule has 0 aromatic carbocycles. The lowest BCUT2D eigenvalue weighted by Crippen LogP contribution is -2.50. The van der Waals surface area contributed by atoms with Gasteiger partial charge in [0, 0.05) is 6.42 Å². The van der Waals surface area contributed by atoms with Gasteiger partial charge < -0.3 is 9.28 Å². The summed E-state index contributed by atoms with van der Waals surface area (Å²) in [5, 5.41) is 0. The zero-order valence-corrected chi connectivity index (χ0v) is 18.5. The van der Waals surface area contributed by atoms with Crippen LogP contribution in [0.1, 0.15) is 118 Å². The van der Waals surface area contributed by atoms with Crippen LogP contribution in [0.3, 0.4) is 0 Å². The molecule has 2 nitrogen and oxygen atoms in total. The van der Waals surface area contributed by atoms with Gasteiger partial charge in [-0.2, -0.15) is 0 Å². The molecule has 0 radical (unpaired) electrons. The number of carbonyl (C=O) groups is 1. The third-order valence-electron chi connectivity index (χ3n) is 5.11. The van der Waals surface area contributed by atoms with Crippen molar-refractivity contribution in [3.05, 3.63) is 0 Å². The van der Waals surface area contributed by atoms with Crippen molar-refractivity contribution in [1.29, 1.82) is 0 Å². The molecule has 25 heavy (non-hydrogen) atoms. The van der Waals surface area contributed by atoms with Gasteiger partial charge >= 0.3 is 0 Å². The summed E-state index contributed by atoms with van der Waals surface area (Å²) in [5.41, 5.74) is 0. The monoisotopic (exact) mass is 356 g/mol. The Labute approximate surface area is 160 Å². The lowest BCUT2D eigenvalue weighted by molar-refractivity contribution is -0.929. The molecule has 0 amide bonds. The zero-order chi connectivity index (χ0) is 19.2. The molecule has 0 spiro atoms. The number of unbranched alkanes of at least 4 members (excludes halogenated alkanes) is 8. The van der Waals surface area contributed by atoms with Crippen molar-refractivity contribution in [3.8, 4) is 0 Å². The number of hydrogen-bond donors (Lipinski definition) is 0. The first-order chi connectivity index (χ1) is 12.2. The van der Waals surface area contributed by atoms with Gasteiger partial charge in [-0.3, -0.25) is 0 Å². The van der Waals surface area contributed by atoms with Crippen molar-refractivity contribution >= 4 is 6.29 Å². The number of hydrogen-bond acceptors (Lipinski definition) is 1. The van der Waals surface area contributed by atoms with Crippen molar-refractivity contribution in [2.75, 3.05) is 26.2 Å². The summed E-state index contributed by atoms with van der Waals surface area (Å²) in [6.07, 6.45) is 18.4. The molecule has 2 heteroatoms. The molecule has 0 rings (SSSR count). The molecule has 0 atom stereocenters. The van der Waals surface area contributed by atoms with Gasteiger partial charge in [0.05, 0.1) is 26.2 Å². The molecule has 0 N–H and O–H groups in total. The van der Waals surface area contributed by atoms with Crippen LogP contribution in [-0.2, 0) is 4.79 Å². The fraction of sp³-hybridized carbons (Fsp3) is 0.957. The van der Waals surface area contributed by atoms with E-state index < -0.39 is 0 Å². The smallest absolute Gasteiger partial charge is 0.119 e. The van der Waals surface area contributed by atoms with Crippen molar-refractivity contribution in [2.45, 2.75) is 118 Å². The van der Waals surface area contributed by atoms with Crippen molar-refractivity contribution < 1.29 is 9.28 Å². The van der Waals surface area contributed by atoms with E-state index in [4.69, 9.17) is 0 Å². The van der Waals surface area contributed by atoms with Gasteiger partial charge in [0.15, 0.2) is 0 Å². The molecule has 0 aliphatic carbocycles. The van der Waals surface area contributed by atoms with E-state index in [-0.39, 0.29) is 0 Å². The Morgan fingerprint density at radius 2 is 0.760 bits per heavy atom. The van der Waals surface area contributed by atoms with Crippen LogP contribution in [-0.4, -0.2) is 36.9 Å². The fourth-order valence-electron chi connectivity index (χ4n) is 3.46. The molecule has 0 saturated heterocycles. The summed E-state index contributed by atoms with van der Waals surface area (Å²) in [5.74, 6) is 0. The maximum Gasteiger partial charge on any atom is 0.119 e. The predicted molar refractivity (Wildman–Crippen MR) is 114 cm³/mol. The molecule has 0 heterocycles. The normalized spacial score (nSPS) is 11.1. The van der Waals surface area contributed by atoms with Crippen LogP contribution in [0.4, 0.5) is 0 Å². The minimum absolute atomic E-state index is 0.639. The van der Waals surface area contributed by atoms with E-state index in [1.807, 2.05) is 6.92 Å². The largest absolute Gasteiger partial charge is 0.324 e. The summed E-state index contributed by atoms with van der Waals surface area (Å²) in [6.45, 7) is 16.9. The fourth-order valence-corrected chi connectivity index (χ4v) is 3.46. The zero-order valence-electron chi connectivity index (χ0n) is 18.5. The standard InChI is InChI=1S/C20H44N.C3H6O/c1-5-9-13-17-21(18-14-10-6-2,19-15-11-7-3)20-16-12-8-4;1-2-3-4/h5-20H2,1-4H3;3H,2H2,1H3/q+1;. The highest BCUT2D eigenvalue weighted by molar-refractivity contribution is 5.48. The Morgan fingerprint density at radius 3 is 0.920 bits per heavy atom. The average molecular weight is 357 g/mol. The highest BCUT2D eigenvalue weighted by atomic mass is 16.1. The van der Waals surface area contributed by atoms with Gasteiger partial charge in [-0.05, 0) is 51.4 Å². The Bertz CT molecular complexity index is 207. The van der Waals surface area contributed by atoms with Crippen LogP contribution in [0.25, 0.3) is 0 Å². The van der Waals surface area contributed by atoms with Crippen molar-refractivity contribution in [3.63, 3.8) is 0 Å². The third kappa shape index (κ3) is 18.2. The first-order valence-corrected chi connectivity index (χ1v) is 11.4. The lowest BCUT2D eigenvalue weighted by atomic mass is 10.1. The number of aldehydes is 1. The van der Waals surface area contributed by atoms with Crippen LogP contribution < -0.4 is 0 Å². The Kier molecular flexibility index (Phi) is 23.3. The molecular formula is C23H50NO+. The highest BCUT2D eigenvalue weighted by Crippen LogP contribution is 2.18. The third-order valence-corrected chi connectivity index (χ3v) is 5.11. The van der Waals surface area contributed by atoms with Crippen LogP contribution in [0.2, 0.25) is 0 Å². The molecule has 0 bridgehead atoms. The van der Waals surface area contributed by atoms with E-state index in [0.717, 1.165) is 6.29 Å². The second-order valence-corrected chi connectivity index (χ2v) is 7.64. The first kappa shape index (κ1) is 26.9. The van der Waals surface area contributed by atoms with E-state index >= 15 is 0 Å². The number of nitrogens with zero attached hydrogens (tertiary/aromatic N) is 1. The Balaban J connectivity index is 0. The quantitative estimate of drug-likeness (QED) is 0.153. The average Bonchev–Trinajstić information content (AvgIpc) is 2.63. The van der Waals surface area contributed by atoms with Gasteiger partial charge in [0.1, 0.15) is 6.29 Å². The second kappa shape index (κ2) is 21.7. The first-order valence-electron chi connectivity index (χ1n) is 11.4. The molecular weight excluding hydrogens is 306 g/mol.